The van der Waals surface area contributed by atoms with Gasteiger partial charge >= 0.3 is 4.87 Å². The van der Waals surface area contributed by atoms with E-state index < -0.39 is 0 Å². The molecule has 2 aromatic rings. The molecule has 1 heterocycles. The number of nitrogens with one attached hydrogen (secondary N) is 2. The molecule has 0 fully saturated rings. The Morgan fingerprint density at radius 3 is 3.17 bits per heavy atom. The molecule has 1 aromatic carbocycles. The fraction of sp³-hybridized carbons (Fsp3) is 0.308. The van der Waals surface area contributed by atoms with E-state index in [4.69, 9.17) is 0 Å². The van der Waals surface area contributed by atoms with Gasteiger partial charge in [0.2, 0.25) is 0 Å². The van der Waals surface area contributed by atoms with Crippen LogP contribution < -0.4 is 10.2 Å². The van der Waals surface area contributed by atoms with Crippen LogP contribution in [0.25, 0.3) is 0 Å². The van der Waals surface area contributed by atoms with Gasteiger partial charge in [0.15, 0.2) is 0 Å². The maximum Gasteiger partial charge on any atom is 0.304 e. The molecule has 0 saturated carbocycles. The van der Waals surface area contributed by atoms with E-state index in [0.29, 0.717) is 6.54 Å². The van der Waals surface area contributed by atoms with Crippen molar-refractivity contribution < 1.29 is 4.39 Å². The number of aromatic nitrogens is 1. The summed E-state index contributed by atoms with van der Waals surface area (Å²) in [6.07, 6.45) is 1.68. The molecule has 3 rings (SSSR count). The quantitative estimate of drug-likeness (QED) is 0.894. The lowest BCUT2D eigenvalue weighted by Gasteiger charge is -2.13. The average molecular weight is 264 g/mol. The standard InChI is InChI=1S/C13H13FN2OS/c14-11-3-1-2-10-9(11)4-5-12(10)15-6-8-7-18-13(17)16-8/h1-3,7,12,15H,4-6H2,(H,16,17). The molecule has 1 aliphatic carbocycles. The molecule has 0 spiro atoms. The van der Waals surface area contributed by atoms with Crippen LogP contribution in [0, 0.1) is 5.82 Å². The summed E-state index contributed by atoms with van der Waals surface area (Å²) in [7, 11) is 0. The van der Waals surface area contributed by atoms with Crippen LogP contribution in [0.1, 0.15) is 29.3 Å². The van der Waals surface area contributed by atoms with Gasteiger partial charge in [0.1, 0.15) is 5.82 Å². The molecule has 3 nitrogen and oxygen atoms in total. The topological polar surface area (TPSA) is 44.9 Å². The first-order valence-electron chi connectivity index (χ1n) is 5.91. The third-order valence-corrected chi connectivity index (χ3v) is 4.04. The van der Waals surface area contributed by atoms with E-state index in [-0.39, 0.29) is 16.7 Å². The lowest BCUT2D eigenvalue weighted by Crippen LogP contribution is -2.19. The number of halogens is 1. The zero-order valence-electron chi connectivity index (χ0n) is 9.70. The van der Waals surface area contributed by atoms with Gasteiger partial charge in [-0.05, 0) is 30.0 Å². The summed E-state index contributed by atoms with van der Waals surface area (Å²) in [6.45, 7) is 0.610. The molecule has 0 bridgehead atoms. The van der Waals surface area contributed by atoms with Gasteiger partial charge in [-0.2, -0.15) is 0 Å². The van der Waals surface area contributed by atoms with Crippen LogP contribution in [0.3, 0.4) is 0 Å². The third-order valence-electron chi connectivity index (χ3n) is 3.32. The van der Waals surface area contributed by atoms with E-state index in [9.17, 15) is 9.18 Å². The molecule has 18 heavy (non-hydrogen) atoms. The Hall–Kier alpha value is -1.46. The maximum atomic E-state index is 13.6. The Morgan fingerprint density at radius 1 is 1.50 bits per heavy atom. The smallest absolute Gasteiger partial charge is 0.304 e. The molecule has 5 heteroatoms. The van der Waals surface area contributed by atoms with Crippen molar-refractivity contribution in [3.05, 3.63) is 55.9 Å². The van der Waals surface area contributed by atoms with Crippen LogP contribution in [0.5, 0.6) is 0 Å². The molecule has 0 amide bonds. The molecule has 0 saturated heterocycles. The van der Waals surface area contributed by atoms with Gasteiger partial charge in [-0.3, -0.25) is 4.79 Å². The Labute approximate surface area is 108 Å². The van der Waals surface area contributed by atoms with Crippen molar-refractivity contribution in [2.45, 2.75) is 25.4 Å². The lowest BCUT2D eigenvalue weighted by atomic mass is 10.1. The summed E-state index contributed by atoms with van der Waals surface area (Å²) in [5, 5.41) is 5.18. The van der Waals surface area contributed by atoms with E-state index >= 15 is 0 Å². The minimum atomic E-state index is -0.110. The van der Waals surface area contributed by atoms with Gasteiger partial charge < -0.3 is 10.3 Å². The summed E-state index contributed by atoms with van der Waals surface area (Å²) >= 11 is 1.16. The first-order valence-corrected chi connectivity index (χ1v) is 6.79. The summed E-state index contributed by atoms with van der Waals surface area (Å²) in [4.78, 5) is 13.7. The number of H-pyrrole nitrogens is 1. The number of aromatic amines is 1. The summed E-state index contributed by atoms with van der Waals surface area (Å²) in [5.74, 6) is -0.110. The normalized spacial score (nSPS) is 17.9. The largest absolute Gasteiger partial charge is 0.315 e. The fourth-order valence-corrected chi connectivity index (χ4v) is 3.04. The Bertz CT molecular complexity index is 619. The van der Waals surface area contributed by atoms with E-state index in [1.807, 2.05) is 11.4 Å². The van der Waals surface area contributed by atoms with Crippen molar-refractivity contribution in [1.29, 1.82) is 0 Å². The van der Waals surface area contributed by atoms with Crippen LogP contribution >= 0.6 is 11.3 Å². The number of hydrogen-bond acceptors (Lipinski definition) is 3. The first kappa shape index (κ1) is 11.6. The Kier molecular flexibility index (Phi) is 3.01. The Morgan fingerprint density at radius 2 is 2.39 bits per heavy atom. The monoisotopic (exact) mass is 264 g/mol. The zero-order valence-corrected chi connectivity index (χ0v) is 10.5. The van der Waals surface area contributed by atoms with Crippen molar-refractivity contribution in [3.8, 4) is 0 Å². The van der Waals surface area contributed by atoms with Gasteiger partial charge in [0, 0.05) is 23.7 Å². The van der Waals surface area contributed by atoms with Gasteiger partial charge in [-0.15, -0.1) is 0 Å². The number of hydrogen-bond donors (Lipinski definition) is 2. The van der Waals surface area contributed by atoms with E-state index in [2.05, 4.69) is 10.3 Å². The minimum Gasteiger partial charge on any atom is -0.315 e. The van der Waals surface area contributed by atoms with Crippen molar-refractivity contribution in [3.63, 3.8) is 0 Å². The van der Waals surface area contributed by atoms with Crippen molar-refractivity contribution in [2.24, 2.45) is 0 Å². The van der Waals surface area contributed by atoms with E-state index in [0.717, 1.165) is 41.0 Å². The summed E-state index contributed by atoms with van der Waals surface area (Å²) in [5.41, 5.74) is 2.76. The second kappa shape index (κ2) is 4.66. The Balaban J connectivity index is 1.73. The second-order valence-electron chi connectivity index (χ2n) is 4.45. The van der Waals surface area contributed by atoms with Gasteiger partial charge in [0.25, 0.3) is 0 Å². The molecule has 1 unspecified atom stereocenters. The van der Waals surface area contributed by atoms with Crippen LogP contribution in [0.2, 0.25) is 0 Å². The summed E-state index contributed by atoms with van der Waals surface area (Å²) < 4.78 is 13.6. The van der Waals surface area contributed by atoms with Crippen molar-refractivity contribution in [1.82, 2.24) is 10.3 Å². The molecular weight excluding hydrogens is 251 g/mol. The average Bonchev–Trinajstić information content (AvgIpc) is 2.94. The van der Waals surface area contributed by atoms with E-state index in [1.165, 1.54) is 6.07 Å². The molecule has 0 radical (unpaired) electrons. The second-order valence-corrected chi connectivity index (χ2v) is 5.30. The molecular formula is C13H13FN2OS. The minimum absolute atomic E-state index is 0.0373. The number of thiazole rings is 1. The SMILES string of the molecule is O=c1[nH]c(CNC2CCc3c(F)cccc32)cs1. The first-order chi connectivity index (χ1) is 8.74. The van der Waals surface area contributed by atoms with Crippen LogP contribution in [0.4, 0.5) is 4.39 Å². The van der Waals surface area contributed by atoms with Gasteiger partial charge in [-0.25, -0.2) is 4.39 Å². The van der Waals surface area contributed by atoms with Crippen LogP contribution in [-0.4, -0.2) is 4.98 Å². The molecule has 0 aliphatic heterocycles. The molecule has 1 aromatic heterocycles. The molecule has 1 aliphatic rings. The van der Waals surface area contributed by atoms with Crippen molar-refractivity contribution >= 4 is 11.3 Å². The van der Waals surface area contributed by atoms with Gasteiger partial charge in [0.05, 0.1) is 0 Å². The highest BCUT2D eigenvalue weighted by Crippen LogP contribution is 2.32. The summed E-state index contributed by atoms with van der Waals surface area (Å²) in [6, 6.07) is 5.41. The van der Waals surface area contributed by atoms with Crippen LogP contribution in [-0.2, 0) is 13.0 Å². The van der Waals surface area contributed by atoms with Crippen LogP contribution in [0.15, 0.2) is 28.4 Å². The highest BCUT2D eigenvalue weighted by atomic mass is 32.1. The predicted octanol–water partition coefficient (Wildman–Crippen LogP) is 2.35. The lowest BCUT2D eigenvalue weighted by molar-refractivity contribution is 0.526. The fourth-order valence-electron chi connectivity index (χ4n) is 2.46. The highest BCUT2D eigenvalue weighted by Gasteiger charge is 2.24. The highest BCUT2D eigenvalue weighted by molar-refractivity contribution is 7.07. The molecule has 94 valence electrons. The molecule has 2 N–H and O–H groups in total. The van der Waals surface area contributed by atoms with E-state index in [1.54, 1.807) is 6.07 Å². The van der Waals surface area contributed by atoms with Crippen molar-refractivity contribution in [2.75, 3.05) is 0 Å². The predicted molar refractivity (Wildman–Crippen MR) is 69.2 cm³/mol. The number of rotatable bonds is 3. The number of fused-ring (bicyclic) bond motifs is 1. The maximum absolute atomic E-state index is 13.6. The van der Waals surface area contributed by atoms with Gasteiger partial charge in [-0.1, -0.05) is 23.5 Å². The zero-order chi connectivity index (χ0) is 12.5. The number of benzene rings is 1. The third kappa shape index (κ3) is 2.11. The molecule has 1 atom stereocenters.